The lowest BCUT2D eigenvalue weighted by molar-refractivity contribution is 0.0936. The van der Waals surface area contributed by atoms with Crippen molar-refractivity contribution < 1.29 is 9.18 Å². The maximum absolute atomic E-state index is 13.5. The van der Waals surface area contributed by atoms with Crippen molar-refractivity contribution in [3.8, 4) is 0 Å². The summed E-state index contributed by atoms with van der Waals surface area (Å²) in [6.45, 7) is 0. The number of nitrogens with two attached hydrogens (primary N) is 1. The molecule has 2 aromatic carbocycles. The van der Waals surface area contributed by atoms with E-state index < -0.39 is 5.82 Å². The van der Waals surface area contributed by atoms with E-state index >= 15 is 0 Å². The minimum atomic E-state index is -0.442. The number of benzene rings is 2. The van der Waals surface area contributed by atoms with Crippen LogP contribution in [0.2, 0.25) is 0 Å². The van der Waals surface area contributed by atoms with Crippen LogP contribution in [0.5, 0.6) is 0 Å². The molecule has 0 radical (unpaired) electrons. The van der Waals surface area contributed by atoms with Crippen molar-refractivity contribution in [1.29, 1.82) is 0 Å². The Morgan fingerprint density at radius 1 is 1.29 bits per heavy atom. The maximum atomic E-state index is 13.5. The molecule has 1 unspecified atom stereocenters. The SMILES string of the molecule is Nc1ccc2c(c1)CCC2NC(=O)c1ccc(Br)c(F)c1. The number of rotatable bonds is 2. The van der Waals surface area contributed by atoms with Crippen molar-refractivity contribution in [1.82, 2.24) is 5.32 Å². The van der Waals surface area contributed by atoms with Crippen molar-refractivity contribution in [2.75, 3.05) is 5.73 Å². The highest BCUT2D eigenvalue weighted by atomic mass is 79.9. The van der Waals surface area contributed by atoms with Gasteiger partial charge in [-0.15, -0.1) is 0 Å². The van der Waals surface area contributed by atoms with E-state index in [2.05, 4.69) is 21.2 Å². The summed E-state index contributed by atoms with van der Waals surface area (Å²) >= 11 is 3.08. The van der Waals surface area contributed by atoms with Crippen LogP contribution in [-0.4, -0.2) is 5.91 Å². The van der Waals surface area contributed by atoms with Crippen molar-refractivity contribution in [2.45, 2.75) is 18.9 Å². The molecule has 108 valence electrons. The zero-order valence-corrected chi connectivity index (χ0v) is 12.8. The third-order valence-corrected chi connectivity index (χ3v) is 4.38. The Labute approximate surface area is 130 Å². The zero-order valence-electron chi connectivity index (χ0n) is 11.2. The Kier molecular flexibility index (Phi) is 3.68. The number of nitrogen functional groups attached to an aromatic ring is 1. The van der Waals surface area contributed by atoms with Gasteiger partial charge in [0, 0.05) is 11.3 Å². The average molecular weight is 349 g/mol. The van der Waals surface area contributed by atoms with E-state index in [1.54, 1.807) is 6.07 Å². The van der Waals surface area contributed by atoms with Crippen molar-refractivity contribution in [3.63, 3.8) is 0 Å². The molecule has 0 aromatic heterocycles. The molecule has 0 aliphatic heterocycles. The number of fused-ring (bicyclic) bond motifs is 1. The summed E-state index contributed by atoms with van der Waals surface area (Å²) in [4.78, 5) is 12.2. The van der Waals surface area contributed by atoms with Crippen molar-refractivity contribution >= 4 is 27.5 Å². The molecule has 0 heterocycles. The van der Waals surface area contributed by atoms with Gasteiger partial charge in [0.25, 0.3) is 5.91 Å². The highest BCUT2D eigenvalue weighted by Crippen LogP contribution is 2.32. The summed E-state index contributed by atoms with van der Waals surface area (Å²) in [5.74, 6) is -0.710. The first-order valence-corrected chi connectivity index (χ1v) is 7.48. The fourth-order valence-electron chi connectivity index (χ4n) is 2.67. The number of aryl methyl sites for hydroxylation is 1. The van der Waals surface area contributed by atoms with E-state index in [1.165, 1.54) is 17.7 Å². The van der Waals surface area contributed by atoms with Gasteiger partial charge in [0.05, 0.1) is 10.5 Å². The van der Waals surface area contributed by atoms with E-state index in [9.17, 15) is 9.18 Å². The predicted molar refractivity (Wildman–Crippen MR) is 83.5 cm³/mol. The maximum Gasteiger partial charge on any atom is 0.251 e. The smallest absolute Gasteiger partial charge is 0.251 e. The van der Waals surface area contributed by atoms with Crippen molar-refractivity contribution in [3.05, 3.63) is 63.4 Å². The lowest BCUT2D eigenvalue weighted by Gasteiger charge is -2.14. The predicted octanol–water partition coefficient (Wildman–Crippen LogP) is 3.59. The van der Waals surface area contributed by atoms with Gasteiger partial charge in [0.2, 0.25) is 0 Å². The first-order chi connectivity index (χ1) is 10.0. The quantitative estimate of drug-likeness (QED) is 0.815. The number of halogens is 2. The third kappa shape index (κ3) is 2.78. The minimum Gasteiger partial charge on any atom is -0.399 e. The second kappa shape index (κ2) is 5.48. The number of carbonyl (C=O) groups excluding carboxylic acids is 1. The molecule has 0 saturated heterocycles. The van der Waals surface area contributed by atoms with Crippen LogP contribution in [0.25, 0.3) is 0 Å². The summed E-state index contributed by atoms with van der Waals surface area (Å²) in [6.07, 6.45) is 1.73. The average Bonchev–Trinajstić information content (AvgIpc) is 2.84. The molecule has 3 nitrogen and oxygen atoms in total. The lowest BCUT2D eigenvalue weighted by atomic mass is 10.1. The van der Waals surface area contributed by atoms with Gasteiger partial charge in [-0.25, -0.2) is 4.39 Å². The molecule has 0 saturated carbocycles. The van der Waals surface area contributed by atoms with Crippen LogP contribution in [0, 0.1) is 5.82 Å². The Morgan fingerprint density at radius 2 is 2.10 bits per heavy atom. The second-order valence-corrected chi connectivity index (χ2v) is 6.01. The molecule has 21 heavy (non-hydrogen) atoms. The molecule has 1 aliphatic rings. The molecule has 3 rings (SSSR count). The normalized spacial score (nSPS) is 16.6. The fraction of sp³-hybridized carbons (Fsp3) is 0.188. The molecule has 1 amide bonds. The Hall–Kier alpha value is -1.88. The van der Waals surface area contributed by atoms with Gasteiger partial charge in [0.1, 0.15) is 5.82 Å². The van der Waals surface area contributed by atoms with Crippen LogP contribution < -0.4 is 11.1 Å². The van der Waals surface area contributed by atoms with Gasteiger partial charge >= 0.3 is 0 Å². The summed E-state index contributed by atoms with van der Waals surface area (Å²) in [6, 6.07) is 10.1. The first-order valence-electron chi connectivity index (χ1n) is 6.69. The van der Waals surface area contributed by atoms with E-state index in [0.717, 1.165) is 24.1 Å². The van der Waals surface area contributed by atoms with E-state index in [1.807, 2.05) is 18.2 Å². The summed E-state index contributed by atoms with van der Waals surface area (Å²) in [5.41, 5.74) is 9.08. The van der Waals surface area contributed by atoms with E-state index in [-0.39, 0.29) is 11.9 Å². The molecule has 3 N–H and O–H groups in total. The number of hydrogen-bond donors (Lipinski definition) is 2. The van der Waals surface area contributed by atoms with Crippen LogP contribution in [0.1, 0.15) is 33.9 Å². The standard InChI is InChI=1S/C16H14BrFN2O/c17-13-5-1-10(8-14(13)18)16(21)20-15-6-2-9-7-11(19)3-4-12(9)15/h1,3-5,7-8,15H,2,6,19H2,(H,20,21). The summed E-state index contributed by atoms with van der Waals surface area (Å²) in [7, 11) is 0. The minimum absolute atomic E-state index is 0.0418. The molecule has 0 bridgehead atoms. The Morgan fingerprint density at radius 3 is 2.86 bits per heavy atom. The van der Waals surface area contributed by atoms with Crippen LogP contribution >= 0.6 is 15.9 Å². The number of anilines is 1. The molecule has 0 fully saturated rings. The van der Waals surface area contributed by atoms with Gasteiger partial charge in [-0.1, -0.05) is 6.07 Å². The molecule has 5 heteroatoms. The van der Waals surface area contributed by atoms with Crippen LogP contribution in [0.15, 0.2) is 40.9 Å². The number of amides is 1. The molecular formula is C16H14BrFN2O. The van der Waals surface area contributed by atoms with Gasteiger partial charge in [-0.3, -0.25) is 4.79 Å². The molecule has 1 aliphatic carbocycles. The second-order valence-electron chi connectivity index (χ2n) is 5.15. The van der Waals surface area contributed by atoms with Crippen LogP contribution in [0.3, 0.4) is 0 Å². The Bertz CT molecular complexity index is 717. The highest BCUT2D eigenvalue weighted by Gasteiger charge is 2.24. The molecule has 1 atom stereocenters. The van der Waals surface area contributed by atoms with Crippen LogP contribution in [0.4, 0.5) is 10.1 Å². The first kappa shape index (κ1) is 14.1. The topological polar surface area (TPSA) is 55.1 Å². The monoisotopic (exact) mass is 348 g/mol. The lowest BCUT2D eigenvalue weighted by Crippen LogP contribution is -2.27. The van der Waals surface area contributed by atoms with Gasteiger partial charge in [-0.2, -0.15) is 0 Å². The van der Waals surface area contributed by atoms with E-state index in [4.69, 9.17) is 5.73 Å². The van der Waals surface area contributed by atoms with E-state index in [0.29, 0.717) is 10.0 Å². The number of hydrogen-bond acceptors (Lipinski definition) is 2. The molecule has 2 aromatic rings. The van der Waals surface area contributed by atoms with Gasteiger partial charge < -0.3 is 11.1 Å². The summed E-state index contributed by atoms with van der Waals surface area (Å²) in [5, 5.41) is 2.96. The number of nitrogens with one attached hydrogen (secondary N) is 1. The molecule has 0 spiro atoms. The van der Waals surface area contributed by atoms with Crippen molar-refractivity contribution in [2.24, 2.45) is 0 Å². The zero-order chi connectivity index (χ0) is 15.0. The third-order valence-electron chi connectivity index (χ3n) is 3.73. The fourth-order valence-corrected chi connectivity index (χ4v) is 2.91. The number of carbonyl (C=O) groups is 1. The van der Waals surface area contributed by atoms with Gasteiger partial charge in [-0.05, 0) is 70.2 Å². The largest absolute Gasteiger partial charge is 0.399 e. The Balaban J connectivity index is 1.79. The van der Waals surface area contributed by atoms with Gasteiger partial charge in [0.15, 0.2) is 0 Å². The summed E-state index contributed by atoms with van der Waals surface area (Å²) < 4.78 is 13.8. The highest BCUT2D eigenvalue weighted by molar-refractivity contribution is 9.10. The molecular weight excluding hydrogens is 335 g/mol. The van der Waals surface area contributed by atoms with Crippen LogP contribution in [-0.2, 0) is 6.42 Å².